The van der Waals surface area contributed by atoms with Crippen LogP contribution in [0.25, 0.3) is 0 Å². The minimum Gasteiger partial charge on any atom is -0.389 e. The summed E-state index contributed by atoms with van der Waals surface area (Å²) in [4.78, 5) is 2.05. The summed E-state index contributed by atoms with van der Waals surface area (Å²) in [5, 5.41) is 18.6. The van der Waals surface area contributed by atoms with Crippen molar-refractivity contribution < 1.29 is 19.7 Å². The van der Waals surface area contributed by atoms with E-state index in [-0.39, 0.29) is 0 Å². The van der Waals surface area contributed by atoms with E-state index >= 15 is 0 Å². The van der Waals surface area contributed by atoms with Gasteiger partial charge in [0, 0.05) is 33.4 Å². The van der Waals surface area contributed by atoms with E-state index in [1.54, 1.807) is 7.11 Å². The summed E-state index contributed by atoms with van der Waals surface area (Å²) in [6.45, 7) is 3.95. The first kappa shape index (κ1) is 12.9. The third kappa shape index (κ3) is 4.90. The van der Waals surface area contributed by atoms with Crippen LogP contribution in [0.1, 0.15) is 6.42 Å². The third-order valence-electron chi connectivity index (χ3n) is 2.53. The minimum absolute atomic E-state index is 0.569. The molecule has 0 bridgehead atoms. The highest BCUT2D eigenvalue weighted by Gasteiger charge is 2.28. The molecule has 0 saturated carbocycles. The van der Waals surface area contributed by atoms with Gasteiger partial charge in [-0.15, -0.1) is 0 Å². The van der Waals surface area contributed by atoms with Crippen LogP contribution < -0.4 is 0 Å². The summed E-state index contributed by atoms with van der Waals surface area (Å²) in [6.07, 6.45) is -0.248. The highest BCUT2D eigenvalue weighted by molar-refractivity contribution is 4.82. The molecule has 1 fully saturated rings. The van der Waals surface area contributed by atoms with Gasteiger partial charge in [0.2, 0.25) is 0 Å². The molecule has 0 aromatic heterocycles. The zero-order chi connectivity index (χ0) is 11.1. The van der Waals surface area contributed by atoms with Crippen LogP contribution in [-0.4, -0.2) is 73.9 Å². The van der Waals surface area contributed by atoms with E-state index < -0.39 is 12.2 Å². The summed E-state index contributed by atoms with van der Waals surface area (Å²) in [6, 6.07) is 0. The van der Waals surface area contributed by atoms with Gasteiger partial charge < -0.3 is 19.7 Å². The zero-order valence-corrected chi connectivity index (χ0v) is 9.26. The van der Waals surface area contributed by atoms with Crippen molar-refractivity contribution in [2.45, 2.75) is 18.6 Å². The molecule has 0 aromatic rings. The molecule has 2 atom stereocenters. The fraction of sp³-hybridized carbons (Fsp3) is 1.00. The number of β-amino-alcohol motifs (C(OH)–C–C–N with tert-alkyl or cyclic N) is 2. The second-order valence-electron chi connectivity index (χ2n) is 3.85. The van der Waals surface area contributed by atoms with Crippen molar-refractivity contribution in [1.29, 1.82) is 0 Å². The Hall–Kier alpha value is -0.200. The molecule has 0 aliphatic carbocycles. The van der Waals surface area contributed by atoms with E-state index in [1.807, 2.05) is 0 Å². The molecule has 1 saturated heterocycles. The van der Waals surface area contributed by atoms with Crippen molar-refractivity contribution >= 4 is 0 Å². The number of nitrogens with zero attached hydrogens (tertiary/aromatic N) is 1. The highest BCUT2D eigenvalue weighted by atomic mass is 16.5. The van der Waals surface area contributed by atoms with Crippen molar-refractivity contribution in [1.82, 2.24) is 4.90 Å². The maximum atomic E-state index is 9.30. The van der Waals surface area contributed by atoms with Gasteiger partial charge >= 0.3 is 0 Å². The molecule has 90 valence electrons. The highest BCUT2D eigenvalue weighted by Crippen LogP contribution is 2.09. The van der Waals surface area contributed by atoms with Crippen LogP contribution in [-0.2, 0) is 9.47 Å². The Balaban J connectivity index is 1.92. The van der Waals surface area contributed by atoms with Crippen LogP contribution in [0.2, 0.25) is 0 Å². The number of rotatable bonds is 7. The van der Waals surface area contributed by atoms with Gasteiger partial charge in [0.1, 0.15) is 0 Å². The van der Waals surface area contributed by atoms with E-state index in [4.69, 9.17) is 9.47 Å². The minimum atomic E-state index is -0.584. The van der Waals surface area contributed by atoms with E-state index in [0.29, 0.717) is 32.9 Å². The second-order valence-corrected chi connectivity index (χ2v) is 3.85. The summed E-state index contributed by atoms with van der Waals surface area (Å²) in [5.41, 5.74) is 0. The lowest BCUT2D eigenvalue weighted by Crippen LogP contribution is -2.24. The molecule has 0 radical (unpaired) electrons. The van der Waals surface area contributed by atoms with Gasteiger partial charge in [-0.1, -0.05) is 0 Å². The fourth-order valence-corrected chi connectivity index (χ4v) is 1.66. The van der Waals surface area contributed by atoms with Gasteiger partial charge in [-0.3, -0.25) is 4.90 Å². The van der Waals surface area contributed by atoms with Crippen molar-refractivity contribution in [2.24, 2.45) is 0 Å². The topological polar surface area (TPSA) is 62.2 Å². The number of aliphatic hydroxyl groups excluding tert-OH is 2. The van der Waals surface area contributed by atoms with Crippen LogP contribution in [0.5, 0.6) is 0 Å². The monoisotopic (exact) mass is 219 g/mol. The number of hydrogen-bond acceptors (Lipinski definition) is 5. The van der Waals surface area contributed by atoms with Crippen molar-refractivity contribution in [3.8, 4) is 0 Å². The normalized spacial score (nSPS) is 27.4. The number of ether oxygens (including phenoxy) is 2. The number of likely N-dealkylation sites (tertiary alicyclic amines) is 1. The van der Waals surface area contributed by atoms with Crippen molar-refractivity contribution in [3.63, 3.8) is 0 Å². The molecule has 2 N–H and O–H groups in total. The Morgan fingerprint density at radius 1 is 1.13 bits per heavy atom. The molecule has 1 aliphatic rings. The predicted molar refractivity (Wildman–Crippen MR) is 55.8 cm³/mol. The maximum absolute atomic E-state index is 9.30. The van der Waals surface area contributed by atoms with Gasteiger partial charge in [0.25, 0.3) is 0 Å². The Labute approximate surface area is 90.6 Å². The quantitative estimate of drug-likeness (QED) is 0.542. The average molecular weight is 219 g/mol. The third-order valence-corrected chi connectivity index (χ3v) is 2.53. The van der Waals surface area contributed by atoms with Crippen LogP contribution in [0, 0.1) is 0 Å². The van der Waals surface area contributed by atoms with Gasteiger partial charge in [0.15, 0.2) is 0 Å². The van der Waals surface area contributed by atoms with Gasteiger partial charge in [-0.05, 0) is 6.42 Å². The SMILES string of the molecule is COCCOCCCN1C[C@@H](O)[C@@H](O)C1. The Bertz CT molecular complexity index is 158. The molecular formula is C10H21NO4. The summed E-state index contributed by atoms with van der Waals surface area (Å²) >= 11 is 0. The summed E-state index contributed by atoms with van der Waals surface area (Å²) in [7, 11) is 1.65. The predicted octanol–water partition coefficient (Wildman–Crippen LogP) is -0.923. The van der Waals surface area contributed by atoms with Crippen molar-refractivity contribution in [3.05, 3.63) is 0 Å². The first-order valence-corrected chi connectivity index (χ1v) is 5.39. The molecule has 5 nitrogen and oxygen atoms in total. The molecule has 0 unspecified atom stereocenters. The largest absolute Gasteiger partial charge is 0.389 e. The van der Waals surface area contributed by atoms with E-state index in [9.17, 15) is 10.2 Å². The fourth-order valence-electron chi connectivity index (χ4n) is 1.66. The van der Waals surface area contributed by atoms with Gasteiger partial charge in [-0.25, -0.2) is 0 Å². The lowest BCUT2D eigenvalue weighted by Gasteiger charge is -2.14. The molecule has 0 aromatic carbocycles. The lowest BCUT2D eigenvalue weighted by atomic mass is 10.3. The first-order valence-electron chi connectivity index (χ1n) is 5.39. The Morgan fingerprint density at radius 3 is 2.40 bits per heavy atom. The van der Waals surface area contributed by atoms with Crippen molar-refractivity contribution in [2.75, 3.05) is 46.6 Å². The molecule has 0 amide bonds. The maximum Gasteiger partial charge on any atom is 0.0938 e. The molecule has 1 aliphatic heterocycles. The van der Waals surface area contributed by atoms with E-state index in [1.165, 1.54) is 0 Å². The molecule has 1 rings (SSSR count). The van der Waals surface area contributed by atoms with Crippen LogP contribution in [0.3, 0.4) is 0 Å². The van der Waals surface area contributed by atoms with E-state index in [2.05, 4.69) is 4.90 Å². The van der Waals surface area contributed by atoms with Gasteiger partial charge in [-0.2, -0.15) is 0 Å². The smallest absolute Gasteiger partial charge is 0.0938 e. The number of methoxy groups -OCH3 is 1. The first-order chi connectivity index (χ1) is 7.24. The molecule has 0 spiro atoms. The average Bonchev–Trinajstić information content (AvgIpc) is 2.52. The zero-order valence-electron chi connectivity index (χ0n) is 9.26. The van der Waals surface area contributed by atoms with Crippen LogP contribution in [0.4, 0.5) is 0 Å². The van der Waals surface area contributed by atoms with Crippen LogP contribution >= 0.6 is 0 Å². The molecule has 5 heteroatoms. The molecule has 15 heavy (non-hydrogen) atoms. The standard InChI is InChI=1S/C10H21NO4/c1-14-5-6-15-4-2-3-11-7-9(12)10(13)8-11/h9-10,12-13H,2-8H2,1H3/t9-,10+. The lowest BCUT2D eigenvalue weighted by molar-refractivity contribution is 0.0572. The van der Waals surface area contributed by atoms with E-state index in [0.717, 1.165) is 13.0 Å². The van der Waals surface area contributed by atoms with Gasteiger partial charge in [0.05, 0.1) is 25.4 Å². The molecule has 1 heterocycles. The Morgan fingerprint density at radius 2 is 1.80 bits per heavy atom. The number of hydrogen-bond donors (Lipinski definition) is 2. The van der Waals surface area contributed by atoms with Crippen LogP contribution in [0.15, 0.2) is 0 Å². The summed E-state index contributed by atoms with van der Waals surface area (Å²) < 4.78 is 10.2. The number of aliphatic hydroxyl groups is 2. The second kappa shape index (κ2) is 7.14. The molecular weight excluding hydrogens is 198 g/mol. The Kier molecular flexibility index (Phi) is 6.12. The summed E-state index contributed by atoms with van der Waals surface area (Å²) in [5.74, 6) is 0.